The number of methoxy groups -OCH3 is 2. The molecule has 56 heavy (non-hydrogen) atoms. The van der Waals surface area contributed by atoms with E-state index in [1.165, 1.54) is 36.9 Å². The summed E-state index contributed by atoms with van der Waals surface area (Å²) >= 11 is 2.74. The number of benzene rings is 2. The second kappa shape index (κ2) is 15.5. The van der Waals surface area contributed by atoms with E-state index in [1.807, 2.05) is 59.9 Å². The van der Waals surface area contributed by atoms with Crippen LogP contribution in [0.3, 0.4) is 0 Å². The van der Waals surface area contributed by atoms with Gasteiger partial charge in [0.2, 0.25) is 12.5 Å². The minimum Gasteiger partial charge on any atom is -0.870 e. The molecule has 0 saturated carbocycles. The van der Waals surface area contributed by atoms with Crippen LogP contribution in [0.4, 0.5) is 5.00 Å². The Morgan fingerprint density at radius 1 is 0.929 bits per heavy atom. The van der Waals surface area contributed by atoms with E-state index in [1.54, 1.807) is 6.07 Å². The standard InChI is InChI=1S/C38H37NO14S2.H2O/c1-16(26-6-7-28(39-43)55-26)50-34-23(44-2)9-17(10-24(34)45-3)29-18-11-21-22(49-15-48-21)12-19(18)33(20-13-46-36(42)30(20)29)52-38-32(41)31(40)35-25(51-38)14-47-37(53-35)27-5-4-8-54-27;/h4-12,16,20,25,29-33,35,37-38,40-41H,13-15H2,1-3H3;1H2/t16?,20-,25?,29+,30-,31?,32?,33+,35?,37?,38?;/m0./s1. The summed E-state index contributed by atoms with van der Waals surface area (Å²) in [4.78, 5) is 26.7. The minimum atomic E-state index is -1.49. The van der Waals surface area contributed by atoms with E-state index in [-0.39, 0.29) is 25.5 Å². The van der Waals surface area contributed by atoms with E-state index < -0.39 is 72.9 Å². The Labute approximate surface area is 327 Å². The van der Waals surface area contributed by atoms with E-state index in [2.05, 4.69) is 0 Å². The van der Waals surface area contributed by atoms with Crippen molar-refractivity contribution in [1.29, 1.82) is 0 Å². The SMILES string of the molecule is COc1cc([C@@H]2c3cc4c(cc3[C@@H](OC3OC5COC(c6cccs6)OC5C(O)C3O)[C@H]3COC(=O)[C@H]23)OCO4)cc(OC)c1OC(C)c1ccc([NH+]=O)s1.[OH-]. The Hall–Kier alpha value is -4.37. The van der Waals surface area contributed by atoms with Crippen molar-refractivity contribution in [3.63, 3.8) is 0 Å². The summed E-state index contributed by atoms with van der Waals surface area (Å²) in [6.45, 7) is 1.99. The van der Waals surface area contributed by atoms with Gasteiger partial charge in [0.15, 0.2) is 35.6 Å². The number of hydrogen-bond donors (Lipinski definition) is 3. The molecule has 0 spiro atoms. The number of thiophene rings is 2. The number of rotatable bonds is 10. The van der Waals surface area contributed by atoms with E-state index in [9.17, 15) is 19.9 Å². The van der Waals surface area contributed by atoms with Crippen molar-refractivity contribution in [2.75, 3.05) is 34.2 Å². The molecular weight excluding hydrogens is 775 g/mol. The van der Waals surface area contributed by atoms with E-state index in [0.29, 0.717) is 50.4 Å². The molecule has 4 aliphatic heterocycles. The molecule has 3 saturated heterocycles. The molecule has 4 aromatic rings. The molecule has 6 heterocycles. The Bertz CT molecular complexity index is 2050. The third-order valence-electron chi connectivity index (χ3n) is 10.8. The average molecular weight is 814 g/mol. The van der Waals surface area contributed by atoms with E-state index in [4.69, 9.17) is 47.4 Å². The maximum atomic E-state index is 13.8. The number of hydrogen-bond acceptors (Lipinski definition) is 17. The molecule has 7 unspecified atom stereocenters. The summed E-state index contributed by atoms with van der Waals surface area (Å²) in [5.74, 6) is -0.272. The van der Waals surface area contributed by atoms with Crippen LogP contribution < -0.4 is 28.9 Å². The fourth-order valence-electron chi connectivity index (χ4n) is 8.15. The Morgan fingerprint density at radius 3 is 2.36 bits per heavy atom. The summed E-state index contributed by atoms with van der Waals surface area (Å²) < 4.78 is 60.3. The molecule has 298 valence electrons. The monoisotopic (exact) mass is 813 g/mol. The zero-order valence-electron chi connectivity index (χ0n) is 30.2. The number of aliphatic hydroxyl groups is 2. The van der Waals surface area contributed by atoms with Gasteiger partial charge in [0, 0.05) is 28.0 Å². The molecule has 3 fully saturated rings. The first-order chi connectivity index (χ1) is 26.8. The van der Waals surface area contributed by atoms with Crippen LogP contribution in [0.5, 0.6) is 28.7 Å². The number of carbonyl (C=O) groups is 1. The number of aliphatic hydroxyl groups excluding tert-OH is 2. The van der Waals surface area contributed by atoms with Crippen LogP contribution in [0.2, 0.25) is 0 Å². The van der Waals surface area contributed by atoms with Gasteiger partial charge >= 0.3 is 11.0 Å². The smallest absolute Gasteiger partial charge is 0.310 e. The Balaban J connectivity index is 0.00000441. The van der Waals surface area contributed by atoms with Crippen LogP contribution >= 0.6 is 22.7 Å². The van der Waals surface area contributed by atoms with Crippen molar-refractivity contribution in [3.05, 3.63) is 85.3 Å². The molecule has 0 radical (unpaired) electrons. The largest absolute Gasteiger partial charge is 0.870 e. The molecule has 18 heteroatoms. The zero-order valence-corrected chi connectivity index (χ0v) is 31.9. The zero-order chi connectivity index (χ0) is 38.0. The van der Waals surface area contributed by atoms with Crippen molar-refractivity contribution in [2.45, 2.75) is 62.0 Å². The van der Waals surface area contributed by atoms with E-state index >= 15 is 0 Å². The van der Waals surface area contributed by atoms with Gasteiger partial charge in [0.05, 0.1) is 49.2 Å². The molecule has 9 rings (SSSR count). The van der Waals surface area contributed by atoms with Crippen molar-refractivity contribution in [2.24, 2.45) is 11.8 Å². The Kier molecular flexibility index (Phi) is 10.7. The van der Waals surface area contributed by atoms with Crippen molar-refractivity contribution in [3.8, 4) is 28.7 Å². The summed E-state index contributed by atoms with van der Waals surface area (Å²) in [5.41, 5.74) is 2.05. The van der Waals surface area contributed by atoms with Gasteiger partial charge in [-0.05, 0) is 65.4 Å². The molecule has 16 nitrogen and oxygen atoms in total. The number of nitrogens with one attached hydrogen (secondary N) is 1. The number of cyclic esters (lactones) is 1. The highest BCUT2D eigenvalue weighted by Crippen LogP contribution is 2.57. The van der Waals surface area contributed by atoms with Crippen LogP contribution in [0.1, 0.15) is 57.8 Å². The summed E-state index contributed by atoms with van der Waals surface area (Å²) in [5, 5.41) is 27.0. The highest BCUT2D eigenvalue weighted by Gasteiger charge is 2.56. The van der Waals surface area contributed by atoms with Gasteiger partial charge in [0.1, 0.15) is 30.5 Å². The molecule has 2 aromatic carbocycles. The molecule has 1 aliphatic carbocycles. The topological polar surface area (TPSA) is 211 Å². The fourth-order valence-corrected chi connectivity index (χ4v) is 9.63. The lowest BCUT2D eigenvalue weighted by Crippen LogP contribution is -2.62. The minimum absolute atomic E-state index is 0. The molecule has 2 aromatic heterocycles. The van der Waals surface area contributed by atoms with Gasteiger partial charge in [-0.2, -0.15) is 0 Å². The highest BCUT2D eigenvalue weighted by molar-refractivity contribution is 7.15. The molecular formula is C38H39NO15S2. The van der Waals surface area contributed by atoms with Crippen LogP contribution in [0.15, 0.2) is 53.9 Å². The van der Waals surface area contributed by atoms with E-state index in [0.717, 1.165) is 9.75 Å². The summed E-state index contributed by atoms with van der Waals surface area (Å²) in [6.07, 6.45) is -7.74. The quantitative estimate of drug-likeness (QED) is 0.196. The molecule has 0 bridgehead atoms. The summed E-state index contributed by atoms with van der Waals surface area (Å²) in [6, 6.07) is 14.5. The number of ether oxygens (including phenoxy) is 10. The van der Waals surface area contributed by atoms with Gasteiger partial charge in [-0.3, -0.25) is 4.79 Å². The number of nitroso groups, excluding NO2 is 1. The first-order valence-electron chi connectivity index (χ1n) is 17.7. The predicted octanol–water partition coefficient (Wildman–Crippen LogP) is 3.55. The maximum absolute atomic E-state index is 13.8. The fraction of sp³-hybridized carbons (Fsp3) is 0.447. The van der Waals surface area contributed by atoms with Gasteiger partial charge in [-0.15, -0.1) is 11.3 Å². The molecule has 4 N–H and O–H groups in total. The maximum Gasteiger partial charge on any atom is 0.310 e. The van der Waals surface area contributed by atoms with Gasteiger partial charge in [-0.25, -0.2) is 0 Å². The lowest BCUT2D eigenvalue weighted by molar-refractivity contribution is -0.374. The van der Waals surface area contributed by atoms with Crippen molar-refractivity contribution < 1.29 is 73.0 Å². The first-order valence-corrected chi connectivity index (χ1v) is 19.4. The lowest BCUT2D eigenvalue weighted by atomic mass is 9.66. The van der Waals surface area contributed by atoms with Crippen LogP contribution in [0, 0.1) is 16.7 Å². The Morgan fingerprint density at radius 2 is 1.68 bits per heavy atom. The third kappa shape index (κ3) is 6.57. The lowest BCUT2D eigenvalue weighted by Gasteiger charge is -2.48. The van der Waals surface area contributed by atoms with Crippen LogP contribution in [0.25, 0.3) is 0 Å². The van der Waals surface area contributed by atoms with Crippen LogP contribution in [-0.4, -0.2) is 86.6 Å². The molecule has 11 atom stereocenters. The second-order valence-corrected chi connectivity index (χ2v) is 15.9. The van der Waals surface area contributed by atoms with Crippen LogP contribution in [-0.2, 0) is 28.5 Å². The van der Waals surface area contributed by atoms with Gasteiger partial charge < -0.3 is 63.1 Å². The molecule has 5 aliphatic rings. The number of esters is 1. The number of fused-ring (bicyclic) bond motifs is 4. The third-order valence-corrected chi connectivity index (χ3v) is 12.8. The van der Waals surface area contributed by atoms with Gasteiger partial charge in [-0.1, -0.05) is 17.4 Å². The predicted molar refractivity (Wildman–Crippen MR) is 194 cm³/mol. The average Bonchev–Trinajstić information content (AvgIpc) is 4.04. The van der Waals surface area contributed by atoms with Crippen molar-refractivity contribution in [1.82, 2.24) is 0 Å². The van der Waals surface area contributed by atoms with Crippen molar-refractivity contribution >= 4 is 33.6 Å². The highest BCUT2D eigenvalue weighted by atomic mass is 32.1. The number of carbonyl (C=O) groups excluding carboxylic acids is 1. The first kappa shape index (κ1) is 38.5. The van der Waals surface area contributed by atoms with Gasteiger partial charge in [0.25, 0.3) is 0 Å². The normalized spacial score (nSPS) is 30.6. The summed E-state index contributed by atoms with van der Waals surface area (Å²) in [7, 11) is 3.03. The second-order valence-electron chi connectivity index (χ2n) is 13.8. The molecule has 0 amide bonds.